The molecule has 0 bridgehead atoms. The largest absolute Gasteiger partial charge is 0.359 e. The Hall–Kier alpha value is -4.37. The molecule has 198 valence electrons. The second-order valence-corrected chi connectivity index (χ2v) is 11.0. The van der Waals surface area contributed by atoms with Gasteiger partial charge in [-0.05, 0) is 56.5 Å². The lowest BCUT2D eigenvalue weighted by atomic mass is 10.1. The van der Waals surface area contributed by atoms with Crippen molar-refractivity contribution in [2.75, 3.05) is 0 Å². The van der Waals surface area contributed by atoms with Crippen molar-refractivity contribution < 1.29 is 4.39 Å². The van der Waals surface area contributed by atoms with Crippen LogP contribution >= 0.6 is 11.3 Å². The summed E-state index contributed by atoms with van der Waals surface area (Å²) in [6, 6.07) is 5.95. The predicted octanol–water partition coefficient (Wildman–Crippen LogP) is 7.69. The van der Waals surface area contributed by atoms with E-state index >= 15 is 4.39 Å². The van der Waals surface area contributed by atoms with Gasteiger partial charge in [-0.15, -0.1) is 11.3 Å². The van der Waals surface area contributed by atoms with E-state index in [-0.39, 0.29) is 5.69 Å². The zero-order valence-corrected chi connectivity index (χ0v) is 23.2. The fourth-order valence-electron chi connectivity index (χ4n) is 4.49. The van der Waals surface area contributed by atoms with Crippen LogP contribution in [0.3, 0.4) is 0 Å². The number of rotatable bonds is 9. The first-order valence-electron chi connectivity index (χ1n) is 12.7. The Bertz CT molecular complexity index is 1770. The Morgan fingerprint density at radius 2 is 2.00 bits per heavy atom. The number of pyridine rings is 2. The van der Waals surface area contributed by atoms with Gasteiger partial charge in [-0.25, -0.2) is 9.37 Å². The molecule has 0 fully saturated rings. The third-order valence-electron chi connectivity index (χ3n) is 6.23. The van der Waals surface area contributed by atoms with Gasteiger partial charge in [0.1, 0.15) is 22.6 Å². The van der Waals surface area contributed by atoms with E-state index in [2.05, 4.69) is 70.5 Å². The summed E-state index contributed by atoms with van der Waals surface area (Å²) >= 11 is 1.65. The minimum atomic E-state index is -0.488. The van der Waals surface area contributed by atoms with Crippen LogP contribution in [0.15, 0.2) is 73.4 Å². The van der Waals surface area contributed by atoms with Crippen molar-refractivity contribution in [1.29, 1.82) is 0 Å². The summed E-state index contributed by atoms with van der Waals surface area (Å²) in [5, 5.41) is 10.9. The number of fused-ring (bicyclic) bond motifs is 2. The number of aryl methyl sites for hydroxylation is 1. The van der Waals surface area contributed by atoms with Crippen molar-refractivity contribution in [3.63, 3.8) is 0 Å². The van der Waals surface area contributed by atoms with Gasteiger partial charge in [0.15, 0.2) is 11.6 Å². The highest BCUT2D eigenvalue weighted by Gasteiger charge is 2.22. The summed E-state index contributed by atoms with van der Waals surface area (Å²) < 4.78 is 16.2. The molecule has 0 saturated heterocycles. The Labute approximate surface area is 230 Å². The summed E-state index contributed by atoms with van der Waals surface area (Å²) in [5.41, 5.74) is 5.52. The fraction of sp³-hybridized carbons (Fsp3) is 0.200. The Morgan fingerprint density at radius 3 is 2.69 bits per heavy atom. The van der Waals surface area contributed by atoms with Crippen molar-refractivity contribution in [2.24, 2.45) is 5.92 Å². The normalized spacial score (nSPS) is 12.6. The summed E-state index contributed by atoms with van der Waals surface area (Å²) in [6.45, 7) is 16.1. The van der Waals surface area contributed by atoms with E-state index in [1.807, 2.05) is 31.2 Å². The summed E-state index contributed by atoms with van der Waals surface area (Å²) in [7, 11) is 0. The van der Waals surface area contributed by atoms with E-state index in [9.17, 15) is 0 Å². The van der Waals surface area contributed by atoms with Crippen LogP contribution in [0.4, 0.5) is 4.39 Å². The van der Waals surface area contributed by atoms with Crippen LogP contribution in [-0.2, 0) is 0 Å². The lowest BCUT2D eigenvalue weighted by Crippen LogP contribution is -2.12. The van der Waals surface area contributed by atoms with Crippen LogP contribution in [0.5, 0.6) is 0 Å². The highest BCUT2D eigenvalue weighted by molar-refractivity contribution is 7.15. The molecule has 0 saturated carbocycles. The molecule has 0 amide bonds. The third kappa shape index (κ3) is 5.18. The zero-order chi connectivity index (χ0) is 27.7. The number of aromatic nitrogens is 6. The number of thiophene rings is 1. The van der Waals surface area contributed by atoms with Crippen LogP contribution in [0.1, 0.15) is 37.8 Å². The molecule has 0 aromatic carbocycles. The second kappa shape index (κ2) is 10.8. The predicted molar refractivity (Wildman–Crippen MR) is 158 cm³/mol. The van der Waals surface area contributed by atoms with Gasteiger partial charge in [0.2, 0.25) is 0 Å². The Morgan fingerprint density at radius 1 is 1.18 bits per heavy atom. The standard InChI is InChI=1S/C30H30FN7S/c1-7-19(14-20(8-2)34-17(5)13-16(3)4)26-25(31)24-22(15-33-26)37-38-29(24)30-35-21-11-12-32-28(27(21)36-30)23-10-9-18(6)39-23/h7-12,14-16,34H,2,5,13H2,1,3-4,6H3,(H,35,36)(H,37,38)/b19-7+,20-14+. The van der Waals surface area contributed by atoms with E-state index in [0.29, 0.717) is 45.1 Å². The number of nitrogens with one attached hydrogen (secondary N) is 3. The molecule has 5 aromatic rings. The number of halogens is 1. The smallest absolute Gasteiger partial charge is 0.161 e. The maximum Gasteiger partial charge on any atom is 0.161 e. The molecular formula is C30H30FN7S. The summed E-state index contributed by atoms with van der Waals surface area (Å²) in [6.07, 6.45) is 9.46. The van der Waals surface area contributed by atoms with Gasteiger partial charge in [0.25, 0.3) is 0 Å². The average molecular weight is 540 g/mol. The fourth-order valence-corrected chi connectivity index (χ4v) is 5.35. The summed E-state index contributed by atoms with van der Waals surface area (Å²) in [4.78, 5) is 19.3. The van der Waals surface area contributed by atoms with Crippen LogP contribution < -0.4 is 5.32 Å². The minimum Gasteiger partial charge on any atom is -0.359 e. The molecule has 0 aliphatic carbocycles. The molecule has 39 heavy (non-hydrogen) atoms. The van der Waals surface area contributed by atoms with Crippen molar-refractivity contribution in [3.05, 3.63) is 89.8 Å². The van der Waals surface area contributed by atoms with Gasteiger partial charge in [0, 0.05) is 28.0 Å². The van der Waals surface area contributed by atoms with Crippen LogP contribution in [0.25, 0.3) is 49.6 Å². The van der Waals surface area contributed by atoms with Crippen molar-refractivity contribution >= 4 is 38.8 Å². The SMILES string of the molecule is C=C/C(=C\C(=C/C)c1ncc2[nH]nc(-c3nc4c(-c5ccc(C)s5)nccc4[nH]3)c2c1F)NC(=C)CC(C)C. The number of allylic oxidation sites excluding steroid dienone is 5. The highest BCUT2D eigenvalue weighted by Crippen LogP contribution is 2.35. The molecule has 0 unspecified atom stereocenters. The average Bonchev–Trinajstić information content (AvgIpc) is 3.64. The van der Waals surface area contributed by atoms with Crippen molar-refractivity contribution in [1.82, 2.24) is 35.5 Å². The Balaban J connectivity index is 1.57. The Kier molecular flexibility index (Phi) is 7.26. The molecule has 5 aromatic heterocycles. The molecule has 0 aliphatic rings. The van der Waals surface area contributed by atoms with Gasteiger partial charge in [0.05, 0.1) is 27.5 Å². The van der Waals surface area contributed by atoms with Crippen molar-refractivity contribution in [2.45, 2.75) is 34.1 Å². The first-order valence-corrected chi connectivity index (χ1v) is 13.5. The number of aromatic amines is 2. The number of hydrogen-bond acceptors (Lipinski definition) is 6. The van der Waals surface area contributed by atoms with E-state index < -0.39 is 5.82 Å². The van der Waals surface area contributed by atoms with Gasteiger partial charge in [-0.2, -0.15) is 5.10 Å². The summed E-state index contributed by atoms with van der Waals surface area (Å²) in [5.74, 6) is 0.418. The van der Waals surface area contributed by atoms with E-state index in [1.165, 1.54) is 4.88 Å². The molecule has 0 aliphatic heterocycles. The molecular weight excluding hydrogens is 509 g/mol. The van der Waals surface area contributed by atoms with E-state index in [4.69, 9.17) is 4.98 Å². The monoisotopic (exact) mass is 539 g/mol. The highest BCUT2D eigenvalue weighted by atomic mass is 32.1. The molecule has 5 rings (SSSR count). The second-order valence-electron chi connectivity index (χ2n) is 9.71. The molecule has 9 heteroatoms. The molecule has 0 atom stereocenters. The van der Waals surface area contributed by atoms with Crippen molar-refractivity contribution in [3.8, 4) is 22.1 Å². The first kappa shape index (κ1) is 26.2. The topological polar surface area (TPSA) is 95.2 Å². The first-order chi connectivity index (χ1) is 18.8. The molecule has 7 nitrogen and oxygen atoms in total. The molecule has 3 N–H and O–H groups in total. The minimum absolute atomic E-state index is 0.204. The maximum absolute atomic E-state index is 16.2. The van der Waals surface area contributed by atoms with Crippen LogP contribution in [0.2, 0.25) is 0 Å². The number of H-pyrrole nitrogens is 2. The van der Waals surface area contributed by atoms with Gasteiger partial charge in [-0.1, -0.05) is 33.1 Å². The zero-order valence-electron chi connectivity index (χ0n) is 22.4. The van der Waals surface area contributed by atoms with Crippen LogP contribution in [0, 0.1) is 18.7 Å². The van der Waals surface area contributed by atoms with Gasteiger partial charge in [-0.3, -0.25) is 15.1 Å². The molecule has 0 radical (unpaired) electrons. The lowest BCUT2D eigenvalue weighted by molar-refractivity contribution is 0.622. The number of hydrogen-bond donors (Lipinski definition) is 3. The molecule has 5 heterocycles. The number of nitrogens with zero attached hydrogens (tertiary/aromatic N) is 4. The maximum atomic E-state index is 16.2. The third-order valence-corrected chi connectivity index (χ3v) is 7.24. The van der Waals surface area contributed by atoms with Crippen LogP contribution in [-0.4, -0.2) is 30.1 Å². The molecule has 0 spiro atoms. The number of imidazole rings is 1. The van der Waals surface area contributed by atoms with E-state index in [1.54, 1.807) is 29.8 Å². The van der Waals surface area contributed by atoms with Gasteiger partial charge < -0.3 is 10.3 Å². The lowest BCUT2D eigenvalue weighted by Gasteiger charge is -2.13. The van der Waals surface area contributed by atoms with E-state index in [0.717, 1.165) is 28.2 Å². The quantitative estimate of drug-likeness (QED) is 0.167. The van der Waals surface area contributed by atoms with Gasteiger partial charge >= 0.3 is 0 Å².